The number of aromatic hydroxyl groups is 1. The summed E-state index contributed by atoms with van der Waals surface area (Å²) in [5.74, 6) is -0.896. The number of fused-ring (bicyclic) bond motifs is 1. The molecule has 1 aromatic heterocycles. The monoisotopic (exact) mass is 654 g/mol. The molecule has 2 saturated heterocycles. The van der Waals surface area contributed by atoms with Crippen molar-refractivity contribution in [3.8, 4) is 40.1 Å². The van der Waals surface area contributed by atoms with Crippen LogP contribution in [0.25, 0.3) is 22.3 Å². The van der Waals surface area contributed by atoms with Crippen molar-refractivity contribution >= 4 is 11.0 Å². The molecule has 2 aliphatic rings. The van der Waals surface area contributed by atoms with Gasteiger partial charge in [0.2, 0.25) is 18.3 Å². The van der Waals surface area contributed by atoms with Crippen LogP contribution in [0.1, 0.15) is 0 Å². The second-order valence-electron chi connectivity index (χ2n) is 10.6. The number of hydrogen-bond acceptors (Lipinski definition) is 17. The predicted octanol–water partition coefficient (Wildman–Crippen LogP) is -2.46. The molecule has 17 nitrogen and oxygen atoms in total. The van der Waals surface area contributed by atoms with Crippen LogP contribution >= 0.6 is 0 Å². The van der Waals surface area contributed by atoms with Crippen LogP contribution in [-0.2, 0) is 9.47 Å². The summed E-state index contributed by atoms with van der Waals surface area (Å²) in [7, 11) is 2.61. The van der Waals surface area contributed by atoms with Crippen LogP contribution in [-0.4, -0.2) is 135 Å². The molecule has 46 heavy (non-hydrogen) atoms. The Kier molecular flexibility index (Phi) is 9.89. The van der Waals surface area contributed by atoms with Crippen LogP contribution in [0.2, 0.25) is 0 Å². The van der Waals surface area contributed by atoms with Crippen LogP contribution in [0.3, 0.4) is 0 Å². The fraction of sp³-hybridized carbons (Fsp3) is 0.483. The first kappa shape index (κ1) is 33.6. The van der Waals surface area contributed by atoms with Crippen LogP contribution in [0, 0.1) is 0 Å². The third-order valence-electron chi connectivity index (χ3n) is 7.72. The van der Waals surface area contributed by atoms with E-state index >= 15 is 0 Å². The molecule has 2 aromatic carbocycles. The van der Waals surface area contributed by atoms with Crippen molar-refractivity contribution in [2.45, 2.75) is 61.4 Å². The molecule has 3 aromatic rings. The van der Waals surface area contributed by atoms with E-state index in [9.17, 15) is 50.8 Å². The lowest BCUT2D eigenvalue weighted by Gasteiger charge is -2.40. The second kappa shape index (κ2) is 13.5. The molecular formula is C29H34O17. The van der Waals surface area contributed by atoms with Gasteiger partial charge in [-0.05, 0) is 12.1 Å². The van der Waals surface area contributed by atoms with Crippen LogP contribution in [0.5, 0.6) is 28.7 Å². The fourth-order valence-electron chi connectivity index (χ4n) is 5.16. The van der Waals surface area contributed by atoms with Gasteiger partial charge in [-0.15, -0.1) is 0 Å². The number of phenolic OH excluding ortho intramolecular Hbond substituents is 1. The van der Waals surface area contributed by atoms with Crippen molar-refractivity contribution in [1.82, 2.24) is 0 Å². The number of methoxy groups -OCH3 is 2. The predicted molar refractivity (Wildman–Crippen MR) is 151 cm³/mol. The maximum Gasteiger partial charge on any atom is 0.229 e. The van der Waals surface area contributed by atoms with Gasteiger partial charge < -0.3 is 78.8 Å². The topological polar surface area (TPSA) is 268 Å². The molecule has 0 spiro atoms. The van der Waals surface area contributed by atoms with Gasteiger partial charge >= 0.3 is 0 Å². The molecule has 0 aliphatic carbocycles. The Morgan fingerprint density at radius 2 is 1.20 bits per heavy atom. The highest BCUT2D eigenvalue weighted by atomic mass is 16.7. The minimum Gasteiger partial charge on any atom is -0.502 e. The molecular weight excluding hydrogens is 620 g/mol. The number of hydrogen-bond donors (Lipinski definition) is 9. The van der Waals surface area contributed by atoms with Crippen LogP contribution in [0.4, 0.5) is 0 Å². The normalized spacial score (nSPS) is 31.4. The van der Waals surface area contributed by atoms with E-state index in [-0.39, 0.29) is 51.0 Å². The number of aliphatic hydroxyl groups excluding tert-OH is 8. The summed E-state index contributed by atoms with van der Waals surface area (Å²) in [6.07, 6.45) is -16.6. The van der Waals surface area contributed by atoms with Gasteiger partial charge in [-0.3, -0.25) is 4.79 Å². The van der Waals surface area contributed by atoms with Crippen molar-refractivity contribution in [3.05, 3.63) is 40.6 Å². The van der Waals surface area contributed by atoms with Crippen molar-refractivity contribution < 1.29 is 78.8 Å². The molecule has 0 saturated carbocycles. The molecule has 17 heteroatoms. The number of rotatable bonds is 9. The Bertz CT molecular complexity index is 1560. The molecule has 0 radical (unpaired) electrons. The molecule has 9 N–H and O–H groups in total. The van der Waals surface area contributed by atoms with Crippen molar-refractivity contribution in [3.63, 3.8) is 0 Å². The molecule has 5 rings (SSSR count). The van der Waals surface area contributed by atoms with Crippen LogP contribution < -0.4 is 24.4 Å². The highest BCUT2D eigenvalue weighted by molar-refractivity contribution is 5.86. The van der Waals surface area contributed by atoms with E-state index in [2.05, 4.69) is 0 Å². The lowest BCUT2D eigenvalue weighted by Crippen LogP contribution is -2.60. The molecule has 10 atom stereocenters. The van der Waals surface area contributed by atoms with Gasteiger partial charge in [-0.25, -0.2) is 0 Å². The zero-order valence-electron chi connectivity index (χ0n) is 24.4. The number of ether oxygens (including phenoxy) is 6. The number of aliphatic hydroxyl groups is 8. The van der Waals surface area contributed by atoms with Gasteiger partial charge in [0, 0.05) is 23.8 Å². The third kappa shape index (κ3) is 6.17. The Hall–Kier alpha value is -3.75. The molecule has 0 bridgehead atoms. The lowest BCUT2D eigenvalue weighted by molar-refractivity contribution is -0.278. The average Bonchev–Trinajstić information content (AvgIpc) is 3.04. The Labute approximate surface area is 259 Å². The summed E-state index contributed by atoms with van der Waals surface area (Å²) in [5, 5.41) is 91.1. The second-order valence-corrected chi connectivity index (χ2v) is 10.6. The van der Waals surface area contributed by atoms with Gasteiger partial charge in [0.05, 0.1) is 27.4 Å². The molecule has 0 amide bonds. The van der Waals surface area contributed by atoms with Gasteiger partial charge in [-0.2, -0.15) is 0 Å². The van der Waals surface area contributed by atoms with E-state index < -0.39 is 80.1 Å². The minimum absolute atomic E-state index is 0.00318. The SMILES string of the molecule is COc1cc(-c2cc(=O)c3c(O[C@@H]4OC(CO)[C@@H](O)[C@H](O)C4O)cc(O[C@@H]4OC(CO)[C@@H](O)[C@H](O)C4O)cc3o2)cc(OC)c1O. The van der Waals surface area contributed by atoms with E-state index in [1.54, 1.807) is 0 Å². The van der Waals surface area contributed by atoms with Crippen molar-refractivity contribution in [1.29, 1.82) is 0 Å². The van der Waals surface area contributed by atoms with E-state index in [0.29, 0.717) is 0 Å². The highest BCUT2D eigenvalue weighted by Crippen LogP contribution is 2.41. The Morgan fingerprint density at radius 3 is 1.70 bits per heavy atom. The zero-order chi connectivity index (χ0) is 33.4. The van der Waals surface area contributed by atoms with Gasteiger partial charge in [0.25, 0.3) is 0 Å². The Balaban J connectivity index is 1.62. The van der Waals surface area contributed by atoms with Gasteiger partial charge in [-0.1, -0.05) is 0 Å². The summed E-state index contributed by atoms with van der Waals surface area (Å²) in [4.78, 5) is 13.6. The maximum absolute atomic E-state index is 13.6. The quantitative estimate of drug-likeness (QED) is 0.116. The number of phenols is 1. The van der Waals surface area contributed by atoms with Crippen LogP contribution in [0.15, 0.2) is 39.5 Å². The smallest absolute Gasteiger partial charge is 0.229 e. The zero-order valence-corrected chi connectivity index (χ0v) is 24.4. The Morgan fingerprint density at radius 1 is 0.674 bits per heavy atom. The minimum atomic E-state index is -1.86. The molecule has 252 valence electrons. The third-order valence-corrected chi connectivity index (χ3v) is 7.72. The highest BCUT2D eigenvalue weighted by Gasteiger charge is 2.46. The maximum atomic E-state index is 13.6. The van der Waals surface area contributed by atoms with E-state index in [1.165, 1.54) is 32.4 Å². The van der Waals surface area contributed by atoms with E-state index in [0.717, 1.165) is 12.1 Å². The first-order chi connectivity index (χ1) is 21.9. The summed E-state index contributed by atoms with van der Waals surface area (Å²) in [6.45, 7) is -1.48. The summed E-state index contributed by atoms with van der Waals surface area (Å²) < 4.78 is 38.8. The van der Waals surface area contributed by atoms with E-state index in [1.807, 2.05) is 0 Å². The summed E-state index contributed by atoms with van der Waals surface area (Å²) in [5.41, 5.74) is -0.654. The van der Waals surface area contributed by atoms with Gasteiger partial charge in [0.1, 0.15) is 77.1 Å². The first-order valence-electron chi connectivity index (χ1n) is 13.9. The van der Waals surface area contributed by atoms with Gasteiger partial charge in [0.15, 0.2) is 16.9 Å². The molecule has 2 fully saturated rings. The summed E-state index contributed by atoms with van der Waals surface area (Å²) >= 11 is 0. The first-order valence-corrected chi connectivity index (χ1v) is 13.9. The molecule has 3 heterocycles. The van der Waals surface area contributed by atoms with E-state index in [4.69, 9.17) is 32.8 Å². The average molecular weight is 655 g/mol. The largest absolute Gasteiger partial charge is 0.502 e. The molecule has 2 aliphatic heterocycles. The van der Waals surface area contributed by atoms with Crippen molar-refractivity contribution in [2.75, 3.05) is 27.4 Å². The lowest BCUT2D eigenvalue weighted by atomic mass is 9.99. The summed E-state index contributed by atoms with van der Waals surface area (Å²) in [6, 6.07) is 6.17. The fourth-order valence-corrected chi connectivity index (χ4v) is 5.16. The number of benzene rings is 2. The molecule has 4 unspecified atom stereocenters. The van der Waals surface area contributed by atoms with Crippen molar-refractivity contribution in [2.24, 2.45) is 0 Å². The standard InChI is InChI=1S/C29H34O17/c1-40-16-3-10(4-17(41-2)21(16)33)13-7-12(32)20-14(43-13)5-11(42-28-26(38)24(36)22(34)18(8-30)45-28)6-15(20)44-29-27(39)25(37)23(35)19(9-31)46-29/h3-7,18-19,22-31,33-39H,8-9H2,1-2H3/t18?,19?,22-,23-,24+,25+,26?,27?,28-,29-/m1/s1.